The van der Waals surface area contributed by atoms with Crippen LogP contribution in [0.2, 0.25) is 0 Å². The number of amides is 2. The molecule has 0 radical (unpaired) electrons. The fraction of sp³-hybridized carbons (Fsp3) is 0.650. The zero-order chi connectivity index (χ0) is 20.4. The second-order valence-electron chi connectivity index (χ2n) is 7.09. The zero-order valence-corrected chi connectivity index (χ0v) is 20.0. The fourth-order valence-electron chi connectivity index (χ4n) is 3.29. The molecule has 0 saturated carbocycles. The number of hydrogen-bond acceptors (Lipinski definition) is 4. The van der Waals surface area contributed by atoms with Crippen molar-refractivity contribution >= 4 is 41.8 Å². The van der Waals surface area contributed by atoms with Gasteiger partial charge in [0.1, 0.15) is 0 Å². The van der Waals surface area contributed by atoms with Crippen LogP contribution in [0.1, 0.15) is 48.7 Å². The van der Waals surface area contributed by atoms with Crippen LogP contribution in [0.4, 0.5) is 0 Å². The molecule has 8 nitrogen and oxygen atoms in total. The van der Waals surface area contributed by atoms with E-state index in [-0.39, 0.29) is 35.8 Å². The van der Waals surface area contributed by atoms with Crippen molar-refractivity contribution in [1.29, 1.82) is 0 Å². The van der Waals surface area contributed by atoms with Crippen LogP contribution in [0.3, 0.4) is 0 Å². The van der Waals surface area contributed by atoms with Crippen molar-refractivity contribution in [1.82, 2.24) is 20.9 Å². The smallest absolute Gasteiger partial charge is 0.287 e. The predicted octanol–water partition coefficient (Wildman–Crippen LogP) is 2.14. The van der Waals surface area contributed by atoms with Crippen LogP contribution in [0.25, 0.3) is 0 Å². The topological polar surface area (TPSA) is 99.0 Å². The van der Waals surface area contributed by atoms with Crippen molar-refractivity contribution in [2.75, 3.05) is 39.8 Å². The Balaban J connectivity index is 0.00000420. The van der Waals surface area contributed by atoms with Crippen molar-refractivity contribution in [2.45, 2.75) is 39.5 Å². The number of aryl methyl sites for hydroxylation is 1. The van der Waals surface area contributed by atoms with Crippen molar-refractivity contribution < 1.29 is 14.0 Å². The van der Waals surface area contributed by atoms with Crippen LogP contribution in [0.5, 0.6) is 0 Å². The Kier molecular flexibility index (Phi) is 11.7. The third kappa shape index (κ3) is 8.23. The van der Waals surface area contributed by atoms with Gasteiger partial charge in [-0.1, -0.05) is 0 Å². The van der Waals surface area contributed by atoms with Crippen LogP contribution in [0, 0.1) is 12.8 Å². The standard InChI is InChI=1S/C20H33N5O3.HI/c1-4-22-20(25-11-6-16(7-12-25)14-17(26)21-3)24-10-5-9-23-19(27)18-15(2)8-13-28-18;/h8,13,16H,4-7,9-12,14H2,1-3H3,(H,21,26)(H,22,24)(H,23,27);1H. The molecule has 1 aromatic rings. The summed E-state index contributed by atoms with van der Waals surface area (Å²) < 4.78 is 5.19. The molecule has 0 aliphatic carbocycles. The van der Waals surface area contributed by atoms with Crippen molar-refractivity contribution in [3.05, 3.63) is 23.7 Å². The van der Waals surface area contributed by atoms with Gasteiger partial charge in [-0.15, -0.1) is 24.0 Å². The number of rotatable bonds is 8. The number of hydrogen-bond donors (Lipinski definition) is 3. The van der Waals surface area contributed by atoms with E-state index in [4.69, 9.17) is 9.41 Å². The van der Waals surface area contributed by atoms with Gasteiger partial charge in [0.25, 0.3) is 5.91 Å². The molecule has 29 heavy (non-hydrogen) atoms. The Hall–Kier alpha value is -1.78. The van der Waals surface area contributed by atoms with Gasteiger partial charge in [0.15, 0.2) is 11.7 Å². The maximum absolute atomic E-state index is 12.0. The summed E-state index contributed by atoms with van der Waals surface area (Å²) in [5, 5.41) is 8.91. The molecule has 1 fully saturated rings. The number of furan rings is 1. The highest BCUT2D eigenvalue weighted by Gasteiger charge is 2.23. The molecule has 9 heteroatoms. The average molecular weight is 519 g/mol. The number of likely N-dealkylation sites (tertiary alicyclic amines) is 1. The Labute approximate surface area is 190 Å². The van der Waals surface area contributed by atoms with E-state index < -0.39 is 0 Å². The maximum Gasteiger partial charge on any atom is 0.287 e. The first-order chi connectivity index (χ1) is 13.5. The van der Waals surface area contributed by atoms with E-state index in [9.17, 15) is 9.59 Å². The number of carbonyl (C=O) groups is 2. The summed E-state index contributed by atoms with van der Waals surface area (Å²) in [6.45, 7) is 7.71. The lowest BCUT2D eigenvalue weighted by Crippen LogP contribution is -2.46. The van der Waals surface area contributed by atoms with Crippen LogP contribution >= 0.6 is 24.0 Å². The van der Waals surface area contributed by atoms with Crippen LogP contribution in [-0.4, -0.2) is 62.4 Å². The minimum Gasteiger partial charge on any atom is -0.459 e. The summed E-state index contributed by atoms with van der Waals surface area (Å²) in [7, 11) is 1.69. The summed E-state index contributed by atoms with van der Waals surface area (Å²) in [5.74, 6) is 1.66. The number of carbonyl (C=O) groups excluding carboxylic acids is 2. The molecule has 2 heterocycles. The molecule has 164 valence electrons. The normalized spacial score (nSPS) is 14.9. The number of halogens is 1. The molecule has 1 saturated heterocycles. The Morgan fingerprint density at radius 1 is 1.28 bits per heavy atom. The van der Waals surface area contributed by atoms with Gasteiger partial charge >= 0.3 is 0 Å². The average Bonchev–Trinajstić information content (AvgIpc) is 3.13. The van der Waals surface area contributed by atoms with E-state index in [1.807, 2.05) is 6.92 Å². The third-order valence-corrected chi connectivity index (χ3v) is 4.95. The molecule has 1 aliphatic heterocycles. The van der Waals surface area contributed by atoms with E-state index in [0.717, 1.165) is 50.4 Å². The van der Waals surface area contributed by atoms with Crippen molar-refractivity contribution in [3.63, 3.8) is 0 Å². The first-order valence-electron chi connectivity index (χ1n) is 10.1. The lowest BCUT2D eigenvalue weighted by Gasteiger charge is -2.34. The van der Waals surface area contributed by atoms with E-state index in [1.165, 1.54) is 6.26 Å². The minimum atomic E-state index is -0.184. The lowest BCUT2D eigenvalue weighted by atomic mass is 9.93. The van der Waals surface area contributed by atoms with Gasteiger partial charge in [0.2, 0.25) is 5.91 Å². The second-order valence-corrected chi connectivity index (χ2v) is 7.09. The highest BCUT2D eigenvalue weighted by atomic mass is 127. The molecule has 1 aliphatic rings. The van der Waals surface area contributed by atoms with E-state index in [1.54, 1.807) is 13.1 Å². The Morgan fingerprint density at radius 3 is 2.59 bits per heavy atom. The van der Waals surface area contributed by atoms with Gasteiger partial charge in [0.05, 0.1) is 6.26 Å². The zero-order valence-electron chi connectivity index (χ0n) is 17.6. The molecular weight excluding hydrogens is 485 g/mol. The number of nitrogens with one attached hydrogen (secondary N) is 3. The first kappa shape index (κ1) is 25.3. The SMILES string of the molecule is CCNC(=NCCCNC(=O)c1occc1C)N1CCC(CC(=O)NC)CC1.I. The van der Waals surface area contributed by atoms with Gasteiger partial charge in [0, 0.05) is 51.8 Å². The van der Waals surface area contributed by atoms with Gasteiger partial charge in [-0.05, 0) is 45.1 Å². The lowest BCUT2D eigenvalue weighted by molar-refractivity contribution is -0.121. The maximum atomic E-state index is 12.0. The summed E-state index contributed by atoms with van der Waals surface area (Å²) >= 11 is 0. The number of nitrogens with zero attached hydrogens (tertiary/aromatic N) is 2. The molecule has 0 spiro atoms. The largest absolute Gasteiger partial charge is 0.459 e. The second kappa shape index (κ2) is 13.4. The van der Waals surface area contributed by atoms with E-state index in [0.29, 0.717) is 31.2 Å². The summed E-state index contributed by atoms with van der Waals surface area (Å²) in [6.07, 6.45) is 4.88. The Bertz CT molecular complexity index is 669. The van der Waals surface area contributed by atoms with Crippen LogP contribution in [0.15, 0.2) is 21.7 Å². The minimum absolute atomic E-state index is 0. The van der Waals surface area contributed by atoms with Crippen LogP contribution < -0.4 is 16.0 Å². The molecule has 0 unspecified atom stereocenters. The van der Waals surface area contributed by atoms with Gasteiger partial charge in [-0.3, -0.25) is 14.6 Å². The summed E-state index contributed by atoms with van der Waals surface area (Å²) in [5.41, 5.74) is 0.838. The number of guanidine groups is 1. The molecule has 1 aromatic heterocycles. The molecule has 0 bridgehead atoms. The summed E-state index contributed by atoms with van der Waals surface area (Å²) in [4.78, 5) is 30.5. The van der Waals surface area contributed by atoms with E-state index >= 15 is 0 Å². The Morgan fingerprint density at radius 2 is 2.00 bits per heavy atom. The molecule has 0 atom stereocenters. The fourth-order valence-corrected chi connectivity index (χ4v) is 3.29. The number of piperidine rings is 1. The van der Waals surface area contributed by atoms with E-state index in [2.05, 4.69) is 27.8 Å². The molecule has 2 amide bonds. The highest BCUT2D eigenvalue weighted by Crippen LogP contribution is 2.20. The van der Waals surface area contributed by atoms with Gasteiger partial charge < -0.3 is 25.3 Å². The molecular formula is C20H34IN5O3. The predicted molar refractivity (Wildman–Crippen MR) is 125 cm³/mol. The molecule has 0 aromatic carbocycles. The highest BCUT2D eigenvalue weighted by molar-refractivity contribution is 14.0. The molecule has 3 N–H and O–H groups in total. The van der Waals surface area contributed by atoms with Crippen molar-refractivity contribution in [2.24, 2.45) is 10.9 Å². The monoisotopic (exact) mass is 519 g/mol. The van der Waals surface area contributed by atoms with Crippen LogP contribution in [-0.2, 0) is 4.79 Å². The first-order valence-corrected chi connectivity index (χ1v) is 10.1. The quantitative estimate of drug-likeness (QED) is 0.212. The van der Waals surface area contributed by atoms with Gasteiger partial charge in [-0.2, -0.15) is 0 Å². The number of aliphatic imine (C=N–C) groups is 1. The van der Waals surface area contributed by atoms with Crippen molar-refractivity contribution in [3.8, 4) is 0 Å². The van der Waals surface area contributed by atoms with Gasteiger partial charge in [-0.25, -0.2) is 0 Å². The third-order valence-electron chi connectivity index (χ3n) is 4.95. The molecule has 2 rings (SSSR count). The summed E-state index contributed by atoms with van der Waals surface area (Å²) in [6, 6.07) is 1.78.